The van der Waals surface area contributed by atoms with Crippen LogP contribution in [-0.4, -0.2) is 47.2 Å². The molecule has 0 unspecified atom stereocenters. The molecule has 1 spiro atoms. The minimum absolute atomic E-state index is 0. The third-order valence-electron chi connectivity index (χ3n) is 4.91. The number of primary amides is 2. The molecule has 1 aliphatic carbocycles. The molecular weight excluding hydrogens is 332 g/mol. The first-order valence-electron chi connectivity index (χ1n) is 7.91. The van der Waals surface area contributed by atoms with Crippen molar-refractivity contribution in [2.75, 3.05) is 6.54 Å². The number of nitrogens with two attached hydrogens (primary N) is 2. The van der Waals surface area contributed by atoms with E-state index in [0.29, 0.717) is 19.4 Å². The lowest BCUT2D eigenvalue weighted by Gasteiger charge is -2.54. The number of amides is 4. The molecule has 2 fully saturated rings. The summed E-state index contributed by atoms with van der Waals surface area (Å²) in [6.45, 7) is 1.96. The van der Waals surface area contributed by atoms with E-state index in [4.69, 9.17) is 11.5 Å². The predicted octanol–water partition coefficient (Wildman–Crippen LogP) is -0.874. The quantitative estimate of drug-likeness (QED) is 0.532. The summed E-state index contributed by atoms with van der Waals surface area (Å²) in [7, 11) is 0. The van der Waals surface area contributed by atoms with Crippen LogP contribution in [0, 0.1) is 5.41 Å². The minimum Gasteiger partial charge on any atom is -0.370 e. The van der Waals surface area contributed by atoms with Gasteiger partial charge in [0.2, 0.25) is 23.6 Å². The summed E-state index contributed by atoms with van der Waals surface area (Å²) in [5.41, 5.74) is 10.0. The van der Waals surface area contributed by atoms with Gasteiger partial charge < -0.3 is 21.7 Å². The van der Waals surface area contributed by atoms with Gasteiger partial charge in [-0.2, -0.15) is 13.5 Å². The van der Waals surface area contributed by atoms with Gasteiger partial charge in [0.15, 0.2) is 0 Å². The van der Waals surface area contributed by atoms with Crippen LogP contribution in [0.15, 0.2) is 0 Å². The van der Waals surface area contributed by atoms with Gasteiger partial charge in [-0.3, -0.25) is 19.2 Å². The molecule has 24 heavy (non-hydrogen) atoms. The van der Waals surface area contributed by atoms with E-state index in [1.54, 1.807) is 0 Å². The minimum atomic E-state index is -0.770. The second-order valence-electron chi connectivity index (χ2n) is 6.61. The Kier molecular flexibility index (Phi) is 6.65. The van der Waals surface area contributed by atoms with Crippen molar-refractivity contribution in [3.8, 4) is 0 Å². The molecule has 0 aromatic heterocycles. The van der Waals surface area contributed by atoms with E-state index in [1.165, 1.54) is 11.8 Å². The van der Waals surface area contributed by atoms with Crippen LogP contribution in [0.3, 0.4) is 0 Å². The smallest absolute Gasteiger partial charge is 0.240 e. The topological polar surface area (TPSA) is 136 Å². The Labute approximate surface area is 148 Å². The zero-order valence-electron chi connectivity index (χ0n) is 13.8. The Morgan fingerprint density at radius 2 is 1.88 bits per heavy atom. The second-order valence-corrected chi connectivity index (χ2v) is 6.61. The first kappa shape index (κ1) is 20.3. The molecule has 1 aliphatic heterocycles. The SMILES string of the molecule is CC(=O)NC1CCC2(CC1)CN([C@@H](CCC(N)=O)C(N)=O)C2=O.S. The highest BCUT2D eigenvalue weighted by Gasteiger charge is 2.55. The van der Waals surface area contributed by atoms with Crippen LogP contribution in [0.25, 0.3) is 0 Å². The van der Waals surface area contributed by atoms with Gasteiger partial charge >= 0.3 is 0 Å². The molecular formula is C15H26N4O4S. The third kappa shape index (κ3) is 4.19. The highest BCUT2D eigenvalue weighted by molar-refractivity contribution is 7.59. The first-order chi connectivity index (χ1) is 10.7. The van der Waals surface area contributed by atoms with Crippen molar-refractivity contribution < 1.29 is 19.2 Å². The molecule has 1 atom stereocenters. The van der Waals surface area contributed by atoms with E-state index in [-0.39, 0.29) is 44.2 Å². The van der Waals surface area contributed by atoms with Crippen molar-refractivity contribution in [1.82, 2.24) is 10.2 Å². The normalized spacial score (nSPS) is 27.0. The van der Waals surface area contributed by atoms with Gasteiger partial charge in [-0.25, -0.2) is 0 Å². The number of likely N-dealkylation sites (tertiary alicyclic amines) is 1. The van der Waals surface area contributed by atoms with Crippen LogP contribution in [0.4, 0.5) is 0 Å². The Bertz CT molecular complexity index is 532. The van der Waals surface area contributed by atoms with Crippen LogP contribution in [0.2, 0.25) is 0 Å². The lowest BCUT2D eigenvalue weighted by molar-refractivity contribution is -0.171. The number of carbonyl (C=O) groups is 4. The molecule has 1 saturated heterocycles. The van der Waals surface area contributed by atoms with E-state index >= 15 is 0 Å². The zero-order valence-corrected chi connectivity index (χ0v) is 14.8. The molecule has 4 amide bonds. The number of carbonyl (C=O) groups excluding carboxylic acids is 4. The fourth-order valence-electron chi connectivity index (χ4n) is 3.64. The Hall–Kier alpha value is -1.77. The van der Waals surface area contributed by atoms with Gasteiger partial charge in [0.25, 0.3) is 0 Å². The summed E-state index contributed by atoms with van der Waals surface area (Å²) in [4.78, 5) is 47.6. The average Bonchev–Trinajstić information content (AvgIpc) is 2.46. The molecule has 1 saturated carbocycles. The lowest BCUT2D eigenvalue weighted by atomic mass is 9.66. The molecule has 0 radical (unpaired) electrons. The van der Waals surface area contributed by atoms with Crippen molar-refractivity contribution in [1.29, 1.82) is 0 Å². The highest BCUT2D eigenvalue weighted by Crippen LogP contribution is 2.46. The molecule has 5 N–H and O–H groups in total. The summed E-state index contributed by atoms with van der Waals surface area (Å²) in [6, 6.07) is -0.657. The summed E-state index contributed by atoms with van der Waals surface area (Å²) in [6.07, 6.45) is 3.07. The molecule has 8 nitrogen and oxygen atoms in total. The summed E-state index contributed by atoms with van der Waals surface area (Å²) in [5.74, 6) is -1.27. The Morgan fingerprint density at radius 1 is 1.29 bits per heavy atom. The van der Waals surface area contributed by atoms with Crippen molar-refractivity contribution in [3.05, 3.63) is 0 Å². The largest absolute Gasteiger partial charge is 0.370 e. The third-order valence-corrected chi connectivity index (χ3v) is 4.91. The van der Waals surface area contributed by atoms with Gasteiger partial charge in [0.05, 0.1) is 5.41 Å². The van der Waals surface area contributed by atoms with Gasteiger partial charge in [0.1, 0.15) is 6.04 Å². The van der Waals surface area contributed by atoms with E-state index in [1.807, 2.05) is 0 Å². The number of nitrogens with one attached hydrogen (secondary N) is 1. The van der Waals surface area contributed by atoms with Crippen LogP contribution < -0.4 is 16.8 Å². The number of nitrogens with zero attached hydrogens (tertiary/aromatic N) is 1. The van der Waals surface area contributed by atoms with E-state index in [2.05, 4.69) is 5.32 Å². The highest BCUT2D eigenvalue weighted by atomic mass is 32.1. The Morgan fingerprint density at radius 3 is 2.29 bits per heavy atom. The number of β-lactam (4-membered cyclic amide) rings is 1. The fraction of sp³-hybridized carbons (Fsp3) is 0.733. The van der Waals surface area contributed by atoms with Crippen LogP contribution in [0.1, 0.15) is 45.4 Å². The van der Waals surface area contributed by atoms with E-state index in [0.717, 1.165) is 12.8 Å². The van der Waals surface area contributed by atoms with E-state index < -0.39 is 23.3 Å². The molecule has 0 aromatic carbocycles. The molecule has 2 aliphatic rings. The number of hydrogen-bond donors (Lipinski definition) is 3. The number of rotatable bonds is 6. The molecule has 2 rings (SSSR count). The van der Waals surface area contributed by atoms with Crippen LogP contribution >= 0.6 is 13.5 Å². The van der Waals surface area contributed by atoms with Crippen molar-refractivity contribution in [2.24, 2.45) is 16.9 Å². The van der Waals surface area contributed by atoms with Crippen LogP contribution in [0.5, 0.6) is 0 Å². The zero-order chi connectivity index (χ0) is 17.2. The second kappa shape index (κ2) is 7.87. The maximum absolute atomic E-state index is 12.6. The summed E-state index contributed by atoms with van der Waals surface area (Å²) in [5, 5.41) is 2.88. The van der Waals surface area contributed by atoms with Crippen molar-refractivity contribution in [3.63, 3.8) is 0 Å². The Balaban J connectivity index is 0.00000288. The standard InChI is InChI=1S/C15H24N4O4.H2S/c1-9(20)18-10-4-6-15(7-5-10)8-19(14(15)23)11(13(17)22)2-3-12(16)21;/h10-11H,2-8H2,1H3,(H2,16,21)(H2,17,22)(H,18,20);1H2/t10?,11-,15?;/m0./s1. The molecule has 136 valence electrons. The maximum atomic E-state index is 12.6. The van der Waals surface area contributed by atoms with Gasteiger partial charge in [0, 0.05) is 25.9 Å². The van der Waals surface area contributed by atoms with Gasteiger partial charge in [-0.1, -0.05) is 0 Å². The van der Waals surface area contributed by atoms with Crippen molar-refractivity contribution in [2.45, 2.75) is 57.5 Å². The summed E-state index contributed by atoms with van der Waals surface area (Å²) >= 11 is 0. The summed E-state index contributed by atoms with van der Waals surface area (Å²) < 4.78 is 0. The molecule has 9 heteroatoms. The predicted molar refractivity (Wildman–Crippen MR) is 92.0 cm³/mol. The van der Waals surface area contributed by atoms with Crippen molar-refractivity contribution >= 4 is 37.1 Å². The van der Waals surface area contributed by atoms with Gasteiger partial charge in [-0.15, -0.1) is 0 Å². The lowest BCUT2D eigenvalue weighted by Crippen LogP contribution is -2.68. The van der Waals surface area contributed by atoms with Gasteiger partial charge in [-0.05, 0) is 32.1 Å². The van der Waals surface area contributed by atoms with Crippen LogP contribution in [-0.2, 0) is 19.2 Å². The maximum Gasteiger partial charge on any atom is 0.240 e. The fourth-order valence-corrected chi connectivity index (χ4v) is 3.64. The van der Waals surface area contributed by atoms with E-state index in [9.17, 15) is 19.2 Å². The average molecular weight is 358 g/mol. The number of hydrogen-bond acceptors (Lipinski definition) is 4. The molecule has 0 bridgehead atoms. The molecule has 1 heterocycles. The first-order valence-corrected chi connectivity index (χ1v) is 7.91. The molecule has 0 aromatic rings. The monoisotopic (exact) mass is 358 g/mol.